The van der Waals surface area contributed by atoms with Crippen molar-refractivity contribution in [1.29, 1.82) is 0 Å². The number of Topliss-reactive ketones (excluding diaryl/α,β-unsaturated/α-hetero) is 1. The lowest BCUT2D eigenvalue weighted by Crippen LogP contribution is -2.32. The Kier molecular flexibility index (Phi) is 9.79. The van der Waals surface area contributed by atoms with Crippen molar-refractivity contribution in [3.8, 4) is 11.5 Å². The predicted octanol–water partition coefficient (Wildman–Crippen LogP) is 5.01. The molecule has 0 unspecified atom stereocenters. The number of hydrogen-bond donors (Lipinski definition) is 0. The number of methoxy groups -OCH3 is 2. The number of hydrogen-bond acceptors (Lipinski definition) is 10. The first-order valence-corrected chi connectivity index (χ1v) is 15.8. The SMILES string of the molecule is COc1cc(C(=O)N(CCCc2ccccc2)Cc2nc(C(=O)CS(=O)(=O)c3c(C)noc3C)cs2)cc(OC)c1C. The van der Waals surface area contributed by atoms with Gasteiger partial charge in [0.25, 0.3) is 5.91 Å². The Morgan fingerprint density at radius 3 is 2.29 bits per heavy atom. The fourth-order valence-corrected chi connectivity index (χ4v) is 7.09. The Morgan fingerprint density at radius 1 is 1.02 bits per heavy atom. The third kappa shape index (κ3) is 7.05. The smallest absolute Gasteiger partial charge is 0.254 e. The van der Waals surface area contributed by atoms with Crippen molar-refractivity contribution < 1.29 is 32.0 Å². The molecule has 0 aliphatic heterocycles. The summed E-state index contributed by atoms with van der Waals surface area (Å²) in [4.78, 5) is 32.7. The van der Waals surface area contributed by atoms with Gasteiger partial charge in [-0.3, -0.25) is 9.59 Å². The highest BCUT2D eigenvalue weighted by molar-refractivity contribution is 7.92. The van der Waals surface area contributed by atoms with Crippen molar-refractivity contribution in [1.82, 2.24) is 15.0 Å². The maximum absolute atomic E-state index is 13.8. The van der Waals surface area contributed by atoms with E-state index in [4.69, 9.17) is 14.0 Å². The molecule has 0 saturated carbocycles. The minimum atomic E-state index is -3.97. The molecule has 0 aliphatic carbocycles. The fourth-order valence-electron chi connectivity index (χ4n) is 4.68. The van der Waals surface area contributed by atoms with Crippen LogP contribution in [0.4, 0.5) is 0 Å². The highest BCUT2D eigenvalue weighted by atomic mass is 32.2. The molecule has 2 aromatic heterocycles. The van der Waals surface area contributed by atoms with Crippen LogP contribution in [0.1, 0.15) is 54.9 Å². The van der Waals surface area contributed by atoms with E-state index >= 15 is 0 Å². The van der Waals surface area contributed by atoms with Crippen molar-refractivity contribution in [2.75, 3.05) is 26.5 Å². The van der Waals surface area contributed by atoms with E-state index in [0.717, 1.165) is 17.5 Å². The lowest BCUT2D eigenvalue weighted by molar-refractivity contribution is 0.0740. The topological polar surface area (TPSA) is 129 Å². The molecule has 0 N–H and O–H groups in total. The fraction of sp³-hybridized carbons (Fsp3) is 0.333. The molecule has 4 rings (SSSR count). The van der Waals surface area contributed by atoms with Crippen molar-refractivity contribution in [2.45, 2.75) is 45.1 Å². The van der Waals surface area contributed by atoms with E-state index in [1.807, 2.05) is 37.3 Å². The van der Waals surface area contributed by atoms with Crippen molar-refractivity contribution in [3.63, 3.8) is 0 Å². The molecule has 0 atom stereocenters. The number of benzene rings is 2. The van der Waals surface area contributed by atoms with Crippen LogP contribution in [0.25, 0.3) is 0 Å². The lowest BCUT2D eigenvalue weighted by Gasteiger charge is -2.23. The average Bonchev–Trinajstić information content (AvgIpc) is 3.58. The highest BCUT2D eigenvalue weighted by Gasteiger charge is 2.29. The molecular weight excluding hydrogens is 578 g/mol. The van der Waals surface area contributed by atoms with Crippen molar-refractivity contribution >= 4 is 32.9 Å². The van der Waals surface area contributed by atoms with Crippen LogP contribution in [-0.2, 0) is 22.8 Å². The summed E-state index contributed by atoms with van der Waals surface area (Å²) in [7, 11) is -0.903. The number of sulfone groups is 1. The molecule has 10 nitrogen and oxygen atoms in total. The number of carbonyl (C=O) groups is 2. The van der Waals surface area contributed by atoms with Crippen LogP contribution in [0.15, 0.2) is 57.3 Å². The Bertz CT molecular complexity index is 1630. The van der Waals surface area contributed by atoms with Gasteiger partial charge in [-0.1, -0.05) is 35.5 Å². The first-order valence-electron chi connectivity index (χ1n) is 13.2. The number of rotatable bonds is 13. The van der Waals surface area contributed by atoms with E-state index in [2.05, 4.69) is 10.1 Å². The van der Waals surface area contributed by atoms with Gasteiger partial charge >= 0.3 is 0 Å². The number of ether oxygens (including phenoxy) is 2. The molecular formula is C30H33N3O7S2. The van der Waals surface area contributed by atoms with Crippen LogP contribution in [0.2, 0.25) is 0 Å². The Morgan fingerprint density at radius 2 is 1.69 bits per heavy atom. The molecule has 4 aromatic rings. The molecule has 2 aromatic carbocycles. The maximum atomic E-state index is 13.8. The Hall–Kier alpha value is -4.03. The molecule has 0 spiro atoms. The van der Waals surface area contributed by atoms with E-state index in [0.29, 0.717) is 35.0 Å². The lowest BCUT2D eigenvalue weighted by atomic mass is 10.1. The highest BCUT2D eigenvalue weighted by Crippen LogP contribution is 2.30. The van der Waals surface area contributed by atoms with Crippen molar-refractivity contribution in [2.24, 2.45) is 0 Å². The Balaban J connectivity index is 1.55. The van der Waals surface area contributed by atoms with Crippen LogP contribution in [0, 0.1) is 20.8 Å². The summed E-state index contributed by atoms with van der Waals surface area (Å²) in [5.74, 6) is -0.460. The minimum Gasteiger partial charge on any atom is -0.496 e. The summed E-state index contributed by atoms with van der Waals surface area (Å²) in [5.41, 5.74) is 2.56. The van der Waals surface area contributed by atoms with Crippen LogP contribution in [-0.4, -0.2) is 61.7 Å². The summed E-state index contributed by atoms with van der Waals surface area (Å²) in [6, 6.07) is 13.3. The first-order chi connectivity index (χ1) is 20.0. The number of thiazole rings is 1. The second-order valence-corrected chi connectivity index (χ2v) is 12.7. The number of aryl methyl sites for hydroxylation is 3. The zero-order chi connectivity index (χ0) is 30.4. The monoisotopic (exact) mass is 611 g/mol. The predicted molar refractivity (Wildman–Crippen MR) is 158 cm³/mol. The molecule has 0 radical (unpaired) electrons. The van der Waals surface area contributed by atoms with Gasteiger partial charge in [0, 0.05) is 23.1 Å². The number of carbonyl (C=O) groups excluding carboxylic acids is 2. The van der Waals surface area contributed by atoms with Gasteiger partial charge in [-0.2, -0.15) is 0 Å². The van der Waals surface area contributed by atoms with Gasteiger partial charge in [0.1, 0.15) is 32.8 Å². The zero-order valence-corrected chi connectivity index (χ0v) is 25.8. The molecule has 0 aliphatic rings. The quantitative estimate of drug-likeness (QED) is 0.192. The molecule has 12 heteroatoms. The third-order valence-corrected chi connectivity index (χ3v) is 9.47. The summed E-state index contributed by atoms with van der Waals surface area (Å²) in [5, 5.41) is 5.70. The van der Waals surface area contributed by atoms with Gasteiger partial charge in [0.2, 0.25) is 0 Å². The van der Waals surface area contributed by atoms with Gasteiger partial charge in [-0.15, -0.1) is 11.3 Å². The van der Waals surface area contributed by atoms with Crippen molar-refractivity contribution in [3.05, 3.63) is 86.7 Å². The van der Waals surface area contributed by atoms with E-state index in [9.17, 15) is 18.0 Å². The summed E-state index contributed by atoms with van der Waals surface area (Å²) < 4.78 is 41.7. The van der Waals surface area contributed by atoms with E-state index < -0.39 is 21.4 Å². The zero-order valence-electron chi connectivity index (χ0n) is 24.2. The molecule has 0 bridgehead atoms. The van der Waals surface area contributed by atoms with Gasteiger partial charge in [-0.05, 0) is 51.3 Å². The molecule has 222 valence electrons. The van der Waals surface area contributed by atoms with Gasteiger partial charge in [0.05, 0.1) is 26.5 Å². The van der Waals surface area contributed by atoms with E-state index in [1.165, 1.54) is 44.8 Å². The van der Waals surface area contributed by atoms with Crippen LogP contribution in [0.3, 0.4) is 0 Å². The summed E-state index contributed by atoms with van der Waals surface area (Å²) in [6.07, 6.45) is 1.47. The molecule has 0 saturated heterocycles. The summed E-state index contributed by atoms with van der Waals surface area (Å²) >= 11 is 1.20. The first kappa shape index (κ1) is 30.9. The molecule has 0 fully saturated rings. The molecule has 1 amide bonds. The van der Waals surface area contributed by atoms with Crippen LogP contribution in [0.5, 0.6) is 11.5 Å². The Labute approximate surface area is 249 Å². The van der Waals surface area contributed by atoms with E-state index in [-0.39, 0.29) is 34.5 Å². The normalized spacial score (nSPS) is 11.4. The number of aromatic nitrogens is 2. The standard InChI is InChI=1S/C30H33N3O7S2/c1-19-26(38-4)14-23(15-27(19)39-5)30(35)33(13-9-12-22-10-7-6-8-11-22)16-28-31-24(17-41-28)25(34)18-42(36,37)29-20(2)32-40-21(29)3/h6-8,10-11,14-15,17H,9,12-13,16,18H2,1-5H3. The second kappa shape index (κ2) is 13.3. The van der Waals surface area contributed by atoms with Gasteiger partial charge in [-0.25, -0.2) is 13.4 Å². The largest absolute Gasteiger partial charge is 0.496 e. The number of amides is 1. The van der Waals surface area contributed by atoms with Crippen LogP contribution < -0.4 is 9.47 Å². The third-order valence-electron chi connectivity index (χ3n) is 6.79. The van der Waals surface area contributed by atoms with E-state index in [1.54, 1.807) is 17.0 Å². The average molecular weight is 612 g/mol. The minimum absolute atomic E-state index is 0.0284. The molecule has 2 heterocycles. The number of ketones is 1. The number of nitrogens with zero attached hydrogens (tertiary/aromatic N) is 3. The van der Waals surface area contributed by atoms with Gasteiger partial charge < -0.3 is 18.9 Å². The summed E-state index contributed by atoms with van der Waals surface area (Å²) in [6.45, 7) is 5.41. The van der Waals surface area contributed by atoms with Gasteiger partial charge in [0.15, 0.2) is 21.4 Å². The molecule has 42 heavy (non-hydrogen) atoms. The second-order valence-electron chi connectivity index (χ2n) is 9.78. The maximum Gasteiger partial charge on any atom is 0.254 e. The van der Waals surface area contributed by atoms with Crippen LogP contribution >= 0.6 is 11.3 Å².